The van der Waals surface area contributed by atoms with Gasteiger partial charge >= 0.3 is 0 Å². The molecule has 104 valence electrons. The monoisotopic (exact) mass is 277 g/mol. The lowest BCUT2D eigenvalue weighted by Gasteiger charge is -2.12. The predicted molar refractivity (Wildman–Crippen MR) is 89.2 cm³/mol. The highest BCUT2D eigenvalue weighted by Crippen LogP contribution is 2.29. The van der Waals surface area contributed by atoms with Gasteiger partial charge in [0.05, 0.1) is 5.69 Å². The van der Waals surface area contributed by atoms with Crippen LogP contribution in [0.15, 0.2) is 72.9 Å². The van der Waals surface area contributed by atoms with Crippen LogP contribution in [0.25, 0.3) is 22.4 Å². The van der Waals surface area contributed by atoms with Gasteiger partial charge < -0.3 is 0 Å². The Balaban J connectivity index is 2.04. The van der Waals surface area contributed by atoms with E-state index < -0.39 is 12.7 Å². The minimum atomic E-state index is -2.42. The van der Waals surface area contributed by atoms with Crippen LogP contribution < -0.4 is 0 Å². The predicted octanol–water partition coefficient (Wildman–Crippen LogP) is 5.54. The standard InChI is InChI=1S/C20H19N/c1-15(2)18-10-6-7-11-19(18)17-12-13-20(21-14-17)16-8-4-3-5-9-16/h3-15H,1-2H3/i1D3,15D. The van der Waals surface area contributed by atoms with Gasteiger partial charge in [-0.3, -0.25) is 4.98 Å². The largest absolute Gasteiger partial charge is 0.256 e. The SMILES string of the molecule is [2H]C([2H])([2H])C([2H])(C)c1ccccc1-c1ccc(-c2ccccc2)nc1. The molecule has 0 bridgehead atoms. The first-order chi connectivity index (χ1) is 11.8. The van der Waals surface area contributed by atoms with Gasteiger partial charge in [-0.25, -0.2) is 0 Å². The zero-order valence-corrected chi connectivity index (χ0v) is 11.9. The third-order valence-corrected chi connectivity index (χ3v) is 3.48. The fourth-order valence-corrected chi connectivity index (χ4v) is 2.39. The van der Waals surface area contributed by atoms with Gasteiger partial charge in [0.15, 0.2) is 0 Å². The Morgan fingerprint density at radius 1 is 0.905 bits per heavy atom. The Hall–Kier alpha value is -2.41. The summed E-state index contributed by atoms with van der Waals surface area (Å²) >= 11 is 0. The number of hydrogen-bond acceptors (Lipinski definition) is 1. The van der Waals surface area contributed by atoms with Crippen molar-refractivity contribution in [2.75, 3.05) is 0 Å². The Bertz CT molecular complexity index is 853. The molecule has 0 N–H and O–H groups in total. The molecule has 0 spiro atoms. The van der Waals surface area contributed by atoms with Gasteiger partial charge in [-0.1, -0.05) is 74.4 Å². The summed E-state index contributed by atoms with van der Waals surface area (Å²) in [5, 5.41) is 0. The smallest absolute Gasteiger partial charge is 0.0702 e. The Kier molecular flexibility index (Phi) is 2.68. The third-order valence-electron chi connectivity index (χ3n) is 3.48. The molecule has 0 saturated carbocycles. The molecular weight excluding hydrogens is 254 g/mol. The fraction of sp³-hybridized carbons (Fsp3) is 0.150. The number of pyridine rings is 1. The fourth-order valence-electron chi connectivity index (χ4n) is 2.39. The Labute approximate surface area is 131 Å². The number of nitrogens with zero attached hydrogens (tertiary/aromatic N) is 1. The highest BCUT2D eigenvalue weighted by molar-refractivity contribution is 5.69. The first-order valence-corrected chi connectivity index (χ1v) is 6.92. The highest BCUT2D eigenvalue weighted by atomic mass is 14.7. The van der Waals surface area contributed by atoms with Gasteiger partial charge in [0.25, 0.3) is 0 Å². The van der Waals surface area contributed by atoms with E-state index in [0.717, 1.165) is 22.4 Å². The summed E-state index contributed by atoms with van der Waals surface area (Å²) < 4.78 is 31.5. The maximum Gasteiger partial charge on any atom is 0.0702 e. The van der Waals surface area contributed by atoms with Crippen molar-refractivity contribution < 1.29 is 5.48 Å². The molecule has 3 rings (SSSR count). The van der Waals surface area contributed by atoms with Crippen molar-refractivity contribution in [3.63, 3.8) is 0 Å². The van der Waals surface area contributed by atoms with Crippen molar-refractivity contribution >= 4 is 0 Å². The lowest BCUT2D eigenvalue weighted by atomic mass is 9.93. The molecule has 1 atom stereocenters. The lowest BCUT2D eigenvalue weighted by molar-refractivity contribution is 0.869. The summed E-state index contributed by atoms with van der Waals surface area (Å²) in [7, 11) is 0. The van der Waals surface area contributed by atoms with Crippen LogP contribution >= 0.6 is 0 Å². The van der Waals surface area contributed by atoms with Crippen LogP contribution in [0.5, 0.6) is 0 Å². The second-order valence-electron chi connectivity index (χ2n) is 4.97. The van der Waals surface area contributed by atoms with Crippen LogP contribution in [0.4, 0.5) is 0 Å². The van der Waals surface area contributed by atoms with E-state index in [2.05, 4.69) is 4.98 Å². The van der Waals surface area contributed by atoms with Crippen LogP contribution in [0.3, 0.4) is 0 Å². The van der Waals surface area contributed by atoms with E-state index in [4.69, 9.17) is 5.48 Å². The molecule has 21 heavy (non-hydrogen) atoms. The van der Waals surface area contributed by atoms with Crippen molar-refractivity contribution in [1.29, 1.82) is 0 Å². The summed E-state index contributed by atoms with van der Waals surface area (Å²) in [6.45, 7) is -0.981. The number of hydrogen-bond donors (Lipinski definition) is 0. The van der Waals surface area contributed by atoms with Crippen molar-refractivity contribution in [1.82, 2.24) is 4.98 Å². The molecule has 2 aromatic carbocycles. The summed E-state index contributed by atoms with van der Waals surface area (Å²) in [5.41, 5.74) is 3.88. The van der Waals surface area contributed by atoms with Gasteiger partial charge in [0.1, 0.15) is 0 Å². The molecule has 1 heteroatoms. The molecule has 0 radical (unpaired) electrons. The van der Waals surface area contributed by atoms with Crippen LogP contribution in [0.2, 0.25) is 0 Å². The van der Waals surface area contributed by atoms with Crippen LogP contribution in [-0.4, -0.2) is 4.98 Å². The second kappa shape index (κ2) is 5.92. The number of benzene rings is 2. The Morgan fingerprint density at radius 2 is 1.67 bits per heavy atom. The van der Waals surface area contributed by atoms with E-state index in [1.165, 1.54) is 6.92 Å². The maximum absolute atomic E-state index is 8.40. The highest BCUT2D eigenvalue weighted by Gasteiger charge is 2.08. The molecule has 0 aliphatic carbocycles. The first kappa shape index (κ1) is 9.51. The number of rotatable bonds is 3. The van der Waals surface area contributed by atoms with Crippen LogP contribution in [0.1, 0.15) is 30.7 Å². The van der Waals surface area contributed by atoms with Gasteiger partial charge in [-0.2, -0.15) is 0 Å². The maximum atomic E-state index is 8.40. The van der Waals surface area contributed by atoms with E-state index in [9.17, 15) is 0 Å². The molecule has 1 nitrogen and oxygen atoms in total. The molecule has 0 amide bonds. The van der Waals surface area contributed by atoms with E-state index >= 15 is 0 Å². The van der Waals surface area contributed by atoms with Gasteiger partial charge in [0.2, 0.25) is 0 Å². The van der Waals surface area contributed by atoms with Crippen molar-refractivity contribution in [2.24, 2.45) is 0 Å². The third kappa shape index (κ3) is 2.87. The lowest BCUT2D eigenvalue weighted by Crippen LogP contribution is -1.93. The normalized spacial score (nSPS) is 17.0. The summed E-state index contributed by atoms with van der Waals surface area (Å²) in [6, 6.07) is 20.9. The van der Waals surface area contributed by atoms with E-state index in [-0.39, 0.29) is 0 Å². The minimum absolute atomic E-state index is 0.476. The molecule has 0 aliphatic rings. The van der Waals surface area contributed by atoms with Gasteiger partial charge in [0, 0.05) is 22.8 Å². The molecule has 1 unspecified atom stereocenters. The minimum Gasteiger partial charge on any atom is -0.256 e. The summed E-state index contributed by atoms with van der Waals surface area (Å²) in [5.74, 6) is -1.69. The van der Waals surface area contributed by atoms with Gasteiger partial charge in [-0.15, -0.1) is 0 Å². The average Bonchev–Trinajstić information content (AvgIpc) is 2.62. The molecule has 0 aliphatic heterocycles. The van der Waals surface area contributed by atoms with Crippen molar-refractivity contribution in [2.45, 2.75) is 19.7 Å². The van der Waals surface area contributed by atoms with Gasteiger partial charge in [-0.05, 0) is 23.1 Å². The average molecular weight is 277 g/mol. The molecule has 1 aromatic heterocycles. The molecule has 1 heterocycles. The zero-order valence-electron chi connectivity index (χ0n) is 15.9. The molecule has 0 saturated heterocycles. The first-order valence-electron chi connectivity index (χ1n) is 8.92. The van der Waals surface area contributed by atoms with Crippen LogP contribution in [0, 0.1) is 0 Å². The van der Waals surface area contributed by atoms with E-state index in [1.54, 1.807) is 18.3 Å². The van der Waals surface area contributed by atoms with Crippen molar-refractivity contribution in [3.8, 4) is 22.4 Å². The zero-order chi connectivity index (χ0) is 18.1. The quantitative estimate of drug-likeness (QED) is 0.612. The molecule has 3 aromatic rings. The Morgan fingerprint density at radius 3 is 2.38 bits per heavy atom. The number of aromatic nitrogens is 1. The summed E-state index contributed by atoms with van der Waals surface area (Å²) in [4.78, 5) is 4.51. The summed E-state index contributed by atoms with van der Waals surface area (Å²) in [6.07, 6.45) is 1.73. The molecule has 0 fully saturated rings. The van der Waals surface area contributed by atoms with E-state index in [1.807, 2.05) is 54.6 Å². The topological polar surface area (TPSA) is 12.9 Å². The van der Waals surface area contributed by atoms with Crippen molar-refractivity contribution in [3.05, 3.63) is 78.5 Å². The van der Waals surface area contributed by atoms with Crippen LogP contribution in [-0.2, 0) is 0 Å². The molecular formula is C20H19N. The second-order valence-corrected chi connectivity index (χ2v) is 4.97. The van der Waals surface area contributed by atoms with E-state index in [0.29, 0.717) is 5.56 Å².